The molecule has 0 heterocycles. The molecule has 0 bridgehead atoms. The molecule has 0 aromatic heterocycles. The van der Waals surface area contributed by atoms with E-state index >= 15 is 0 Å². The van der Waals surface area contributed by atoms with Crippen LogP contribution in [-0.2, 0) is 6.54 Å². The molecule has 4 nitrogen and oxygen atoms in total. The third-order valence-corrected chi connectivity index (χ3v) is 3.35. The first kappa shape index (κ1) is 13.5. The average Bonchev–Trinajstić information content (AvgIpc) is 2.38. The van der Waals surface area contributed by atoms with Gasteiger partial charge in [-0.2, -0.15) is 0 Å². The Morgan fingerprint density at radius 1 is 1.26 bits per heavy atom. The number of nitro groups is 1. The molecule has 1 N–H and O–H groups in total. The van der Waals surface area contributed by atoms with Crippen molar-refractivity contribution in [2.24, 2.45) is 0 Å². The zero-order valence-corrected chi connectivity index (χ0v) is 12.0. The Bertz CT molecular complexity index is 614. The summed E-state index contributed by atoms with van der Waals surface area (Å²) in [5, 5.41) is 14.2. The molecule has 0 saturated carbocycles. The fourth-order valence-corrected chi connectivity index (χ4v) is 2.17. The summed E-state index contributed by atoms with van der Waals surface area (Å²) in [4.78, 5) is 10.6. The van der Waals surface area contributed by atoms with Crippen molar-refractivity contribution in [3.05, 3.63) is 68.2 Å². The SMILES string of the molecule is Cc1ccccc1NCc1ccc(Br)cc1[N+](=O)[O-]. The molecule has 5 heteroatoms. The number of benzene rings is 2. The largest absolute Gasteiger partial charge is 0.380 e. The number of anilines is 1. The Morgan fingerprint density at radius 3 is 2.68 bits per heavy atom. The summed E-state index contributed by atoms with van der Waals surface area (Å²) in [6, 6.07) is 12.9. The maximum absolute atomic E-state index is 11.0. The topological polar surface area (TPSA) is 55.2 Å². The van der Waals surface area contributed by atoms with Crippen LogP contribution in [-0.4, -0.2) is 4.92 Å². The van der Waals surface area contributed by atoms with Crippen molar-refractivity contribution >= 4 is 27.3 Å². The van der Waals surface area contributed by atoms with E-state index in [0.717, 1.165) is 11.3 Å². The minimum atomic E-state index is -0.361. The van der Waals surface area contributed by atoms with Crippen LogP contribution >= 0.6 is 15.9 Å². The first-order valence-corrected chi connectivity index (χ1v) is 6.59. The summed E-state index contributed by atoms with van der Waals surface area (Å²) in [7, 11) is 0. The summed E-state index contributed by atoms with van der Waals surface area (Å²) < 4.78 is 0.707. The van der Waals surface area contributed by atoms with E-state index < -0.39 is 0 Å². The van der Waals surface area contributed by atoms with Crippen molar-refractivity contribution in [1.82, 2.24) is 0 Å². The summed E-state index contributed by atoms with van der Waals surface area (Å²) in [5.41, 5.74) is 2.88. The number of nitrogens with one attached hydrogen (secondary N) is 1. The molecule has 0 radical (unpaired) electrons. The molecule has 2 aromatic carbocycles. The Morgan fingerprint density at radius 2 is 2.00 bits per heavy atom. The van der Waals surface area contributed by atoms with Gasteiger partial charge in [0.15, 0.2) is 0 Å². The van der Waals surface area contributed by atoms with Gasteiger partial charge in [0.1, 0.15) is 0 Å². The molecule has 0 saturated heterocycles. The molecule has 0 unspecified atom stereocenters. The van der Waals surface area contributed by atoms with Crippen LogP contribution in [0.3, 0.4) is 0 Å². The van der Waals surface area contributed by atoms with Gasteiger partial charge >= 0.3 is 0 Å². The lowest BCUT2D eigenvalue weighted by molar-refractivity contribution is -0.385. The predicted octanol–water partition coefficient (Wildman–Crippen LogP) is 4.28. The van der Waals surface area contributed by atoms with E-state index in [9.17, 15) is 10.1 Å². The number of hydrogen-bond donors (Lipinski definition) is 1. The molecule has 2 aromatic rings. The third-order valence-electron chi connectivity index (χ3n) is 2.86. The first-order chi connectivity index (χ1) is 9.08. The number of rotatable bonds is 4. The van der Waals surface area contributed by atoms with Crippen LogP contribution in [0.25, 0.3) is 0 Å². The first-order valence-electron chi connectivity index (χ1n) is 5.80. The highest BCUT2D eigenvalue weighted by atomic mass is 79.9. The van der Waals surface area contributed by atoms with Gasteiger partial charge in [0.2, 0.25) is 0 Å². The summed E-state index contributed by atoms with van der Waals surface area (Å²) in [6.07, 6.45) is 0. The number of hydrogen-bond acceptors (Lipinski definition) is 3. The summed E-state index contributed by atoms with van der Waals surface area (Å²) >= 11 is 3.25. The van der Waals surface area contributed by atoms with E-state index in [2.05, 4.69) is 21.2 Å². The lowest BCUT2D eigenvalue weighted by Crippen LogP contribution is -2.04. The van der Waals surface area contributed by atoms with Crippen molar-refractivity contribution in [2.45, 2.75) is 13.5 Å². The smallest absolute Gasteiger partial charge is 0.275 e. The van der Waals surface area contributed by atoms with E-state index in [-0.39, 0.29) is 10.6 Å². The summed E-state index contributed by atoms with van der Waals surface area (Å²) in [6.45, 7) is 2.42. The van der Waals surface area contributed by atoms with E-state index in [1.807, 2.05) is 37.3 Å². The predicted molar refractivity (Wildman–Crippen MR) is 79.3 cm³/mol. The number of para-hydroxylation sites is 1. The molecule has 0 spiro atoms. The van der Waals surface area contributed by atoms with E-state index in [1.165, 1.54) is 6.07 Å². The second-order valence-electron chi connectivity index (χ2n) is 4.20. The van der Waals surface area contributed by atoms with Crippen LogP contribution in [0, 0.1) is 17.0 Å². The van der Waals surface area contributed by atoms with E-state index in [4.69, 9.17) is 0 Å². The maximum atomic E-state index is 11.0. The van der Waals surface area contributed by atoms with Gasteiger partial charge in [-0.3, -0.25) is 10.1 Å². The van der Waals surface area contributed by atoms with Crippen molar-refractivity contribution < 1.29 is 4.92 Å². The Balaban J connectivity index is 2.20. The van der Waals surface area contributed by atoms with Crippen molar-refractivity contribution in [3.8, 4) is 0 Å². The molecule has 0 aliphatic carbocycles. The Kier molecular flexibility index (Phi) is 4.16. The van der Waals surface area contributed by atoms with Gasteiger partial charge in [0.05, 0.1) is 4.92 Å². The fourth-order valence-electron chi connectivity index (χ4n) is 1.82. The maximum Gasteiger partial charge on any atom is 0.275 e. The molecule has 0 amide bonds. The standard InChI is InChI=1S/C14H13BrN2O2/c1-10-4-2-3-5-13(10)16-9-11-6-7-12(15)8-14(11)17(18)19/h2-8,16H,9H2,1H3. The monoisotopic (exact) mass is 320 g/mol. The van der Waals surface area contributed by atoms with Crippen molar-refractivity contribution in [1.29, 1.82) is 0 Å². The van der Waals surface area contributed by atoms with Gasteiger partial charge in [0.25, 0.3) is 5.69 Å². The molecular weight excluding hydrogens is 308 g/mol. The molecule has 98 valence electrons. The minimum Gasteiger partial charge on any atom is -0.380 e. The fraction of sp³-hybridized carbons (Fsp3) is 0.143. The molecule has 0 fully saturated rings. The normalized spacial score (nSPS) is 10.2. The van der Waals surface area contributed by atoms with E-state index in [1.54, 1.807) is 6.07 Å². The molecule has 2 rings (SSSR count). The second kappa shape index (κ2) is 5.84. The van der Waals surface area contributed by atoms with Crippen molar-refractivity contribution in [2.75, 3.05) is 5.32 Å². The molecule has 0 atom stereocenters. The van der Waals surface area contributed by atoms with E-state index in [0.29, 0.717) is 16.6 Å². The molecular formula is C14H13BrN2O2. The summed E-state index contributed by atoms with van der Waals surface area (Å²) in [5.74, 6) is 0. The highest BCUT2D eigenvalue weighted by Crippen LogP contribution is 2.24. The molecule has 0 aliphatic heterocycles. The van der Waals surface area contributed by atoms with Gasteiger partial charge in [-0.25, -0.2) is 0 Å². The van der Waals surface area contributed by atoms with Gasteiger partial charge in [-0.1, -0.05) is 34.1 Å². The minimum absolute atomic E-state index is 0.121. The number of halogens is 1. The highest BCUT2D eigenvalue weighted by Gasteiger charge is 2.13. The van der Waals surface area contributed by atoms with Gasteiger partial charge in [-0.05, 0) is 30.7 Å². The van der Waals surface area contributed by atoms with Crippen LogP contribution < -0.4 is 5.32 Å². The number of nitro benzene ring substituents is 1. The lowest BCUT2D eigenvalue weighted by atomic mass is 10.1. The zero-order valence-electron chi connectivity index (χ0n) is 10.4. The second-order valence-corrected chi connectivity index (χ2v) is 5.11. The molecule has 19 heavy (non-hydrogen) atoms. The Hall–Kier alpha value is -1.88. The van der Waals surface area contributed by atoms with Crippen LogP contribution in [0.15, 0.2) is 46.9 Å². The number of aryl methyl sites for hydroxylation is 1. The molecule has 0 aliphatic rings. The van der Waals surface area contributed by atoms with Crippen LogP contribution in [0.2, 0.25) is 0 Å². The third kappa shape index (κ3) is 3.32. The van der Waals surface area contributed by atoms with Gasteiger partial charge in [-0.15, -0.1) is 0 Å². The lowest BCUT2D eigenvalue weighted by Gasteiger charge is -2.09. The Labute approximate surface area is 119 Å². The number of nitrogens with zero attached hydrogens (tertiary/aromatic N) is 1. The average molecular weight is 321 g/mol. The highest BCUT2D eigenvalue weighted by molar-refractivity contribution is 9.10. The van der Waals surface area contributed by atoms with Crippen LogP contribution in [0.5, 0.6) is 0 Å². The zero-order chi connectivity index (χ0) is 13.8. The van der Waals surface area contributed by atoms with Crippen LogP contribution in [0.1, 0.15) is 11.1 Å². The quantitative estimate of drug-likeness (QED) is 0.675. The van der Waals surface area contributed by atoms with Gasteiger partial charge in [0, 0.05) is 28.3 Å². The van der Waals surface area contributed by atoms with Crippen LogP contribution in [0.4, 0.5) is 11.4 Å². The van der Waals surface area contributed by atoms with Gasteiger partial charge < -0.3 is 5.32 Å². The van der Waals surface area contributed by atoms with Crippen molar-refractivity contribution in [3.63, 3.8) is 0 Å².